The summed E-state index contributed by atoms with van der Waals surface area (Å²) < 4.78 is 2.53. The van der Waals surface area contributed by atoms with Crippen molar-refractivity contribution >= 4 is 0 Å². The zero-order valence-corrected chi connectivity index (χ0v) is 24.7. The van der Waals surface area contributed by atoms with Crippen LogP contribution in [0.15, 0.2) is 12.4 Å². The van der Waals surface area contributed by atoms with E-state index in [9.17, 15) is 0 Å². The van der Waals surface area contributed by atoms with E-state index in [0.717, 1.165) is 0 Å². The van der Waals surface area contributed by atoms with Crippen LogP contribution < -0.4 is 0 Å². The van der Waals surface area contributed by atoms with E-state index < -0.39 is 0 Å². The molecule has 206 valence electrons. The summed E-state index contributed by atoms with van der Waals surface area (Å²) in [5.74, 6) is 2.03. The van der Waals surface area contributed by atoms with Gasteiger partial charge in [0.2, 0.25) is 0 Å². The maximum absolute atomic E-state index is 4.87. The number of nitrogens with zero attached hydrogens (tertiary/aromatic N) is 2. The minimum absolute atomic E-state index is 0.591. The number of hydrogen-bond acceptors (Lipinski definition) is 1. The van der Waals surface area contributed by atoms with Crippen LogP contribution in [0.1, 0.15) is 200 Å². The van der Waals surface area contributed by atoms with Crippen LogP contribution in [0.2, 0.25) is 0 Å². The van der Waals surface area contributed by atoms with Crippen molar-refractivity contribution in [1.29, 1.82) is 0 Å². The predicted octanol–water partition coefficient (Wildman–Crippen LogP) is 11.9. The molecule has 0 amide bonds. The molecule has 2 atom stereocenters. The molecule has 0 N–H and O–H groups in total. The van der Waals surface area contributed by atoms with E-state index in [1.54, 1.807) is 0 Å². The molecule has 2 heteroatoms. The van der Waals surface area contributed by atoms with Crippen LogP contribution in [-0.2, 0) is 0 Å². The Morgan fingerprint density at radius 2 is 0.971 bits per heavy atom. The average Bonchev–Trinajstić information content (AvgIpc) is 3.35. The van der Waals surface area contributed by atoms with Crippen molar-refractivity contribution in [2.45, 2.75) is 194 Å². The van der Waals surface area contributed by atoms with Crippen molar-refractivity contribution in [3.05, 3.63) is 18.2 Å². The van der Waals surface area contributed by atoms with Crippen LogP contribution in [0.5, 0.6) is 0 Å². The standard InChI is InChI=1S/C33H64N2/c1-5-8-10-12-14-15-16-17-18-19-20-21-22-24-27-31(4)35-30-29-34-33(35)32(26-7-3)28-25-23-13-11-9-6-2/h29-32H,5-28H2,1-4H3. The van der Waals surface area contributed by atoms with Crippen molar-refractivity contribution in [2.75, 3.05) is 0 Å². The van der Waals surface area contributed by atoms with Crippen LogP contribution in [-0.4, -0.2) is 9.55 Å². The number of rotatable bonds is 26. The lowest BCUT2D eigenvalue weighted by Gasteiger charge is -2.22. The molecular formula is C33H64N2. The largest absolute Gasteiger partial charge is 0.332 e. The van der Waals surface area contributed by atoms with E-state index in [4.69, 9.17) is 4.98 Å². The molecule has 0 bridgehead atoms. The minimum Gasteiger partial charge on any atom is -0.332 e. The van der Waals surface area contributed by atoms with Crippen molar-refractivity contribution < 1.29 is 0 Å². The molecule has 0 radical (unpaired) electrons. The van der Waals surface area contributed by atoms with E-state index in [-0.39, 0.29) is 0 Å². The number of aromatic nitrogens is 2. The Labute approximate surface area is 221 Å². The second-order valence-electron chi connectivity index (χ2n) is 11.5. The average molecular weight is 489 g/mol. The SMILES string of the molecule is CCCCCCCCCCCCCCCCC(C)n1ccnc1C(CCC)CCCCCCCC. The second-order valence-corrected chi connectivity index (χ2v) is 11.5. The van der Waals surface area contributed by atoms with E-state index in [1.807, 2.05) is 0 Å². The van der Waals surface area contributed by atoms with Gasteiger partial charge in [0.05, 0.1) is 0 Å². The molecule has 0 aromatic carbocycles. The van der Waals surface area contributed by atoms with Gasteiger partial charge in [-0.3, -0.25) is 0 Å². The number of unbranched alkanes of at least 4 members (excludes halogenated alkanes) is 18. The highest BCUT2D eigenvalue weighted by molar-refractivity contribution is 5.02. The first kappa shape index (κ1) is 32.2. The summed E-state index contributed by atoms with van der Waals surface area (Å²) in [5, 5.41) is 0. The molecule has 0 spiro atoms. The van der Waals surface area contributed by atoms with Crippen molar-refractivity contribution in [2.24, 2.45) is 0 Å². The first-order valence-electron chi connectivity index (χ1n) is 16.3. The quantitative estimate of drug-likeness (QED) is 0.118. The van der Waals surface area contributed by atoms with Gasteiger partial charge in [0, 0.05) is 24.4 Å². The molecule has 0 aliphatic carbocycles. The maximum atomic E-state index is 4.87. The van der Waals surface area contributed by atoms with Gasteiger partial charge >= 0.3 is 0 Å². The Hall–Kier alpha value is -0.790. The van der Waals surface area contributed by atoms with Crippen molar-refractivity contribution in [3.8, 4) is 0 Å². The van der Waals surface area contributed by atoms with E-state index >= 15 is 0 Å². The van der Waals surface area contributed by atoms with Gasteiger partial charge in [-0.05, 0) is 26.2 Å². The summed E-state index contributed by atoms with van der Waals surface area (Å²) in [6.07, 6.45) is 38.0. The highest BCUT2D eigenvalue weighted by Gasteiger charge is 2.18. The molecule has 0 aliphatic rings. The molecular weight excluding hydrogens is 424 g/mol. The Morgan fingerprint density at radius 1 is 0.543 bits per heavy atom. The monoisotopic (exact) mass is 489 g/mol. The summed E-state index contributed by atoms with van der Waals surface area (Å²) in [6, 6.07) is 0.591. The van der Waals surface area contributed by atoms with Gasteiger partial charge in [0.15, 0.2) is 0 Å². The fraction of sp³-hybridized carbons (Fsp3) is 0.909. The fourth-order valence-corrected chi connectivity index (χ4v) is 5.71. The third kappa shape index (κ3) is 16.6. The topological polar surface area (TPSA) is 17.8 Å². The Balaban J connectivity index is 2.16. The molecule has 0 fully saturated rings. The smallest absolute Gasteiger partial charge is 0.111 e. The number of imidazole rings is 1. The lowest BCUT2D eigenvalue weighted by atomic mass is 9.94. The zero-order chi connectivity index (χ0) is 25.4. The Bertz CT molecular complexity index is 549. The molecule has 1 heterocycles. The summed E-state index contributed by atoms with van der Waals surface area (Å²) >= 11 is 0. The highest BCUT2D eigenvalue weighted by atomic mass is 15.1. The molecule has 2 unspecified atom stereocenters. The van der Waals surface area contributed by atoms with Crippen LogP contribution in [0.4, 0.5) is 0 Å². The van der Waals surface area contributed by atoms with Gasteiger partial charge in [0.1, 0.15) is 5.82 Å². The van der Waals surface area contributed by atoms with E-state index in [2.05, 4.69) is 44.7 Å². The van der Waals surface area contributed by atoms with Crippen LogP contribution in [0.3, 0.4) is 0 Å². The third-order valence-corrected chi connectivity index (χ3v) is 8.06. The van der Waals surface area contributed by atoms with Crippen molar-refractivity contribution in [1.82, 2.24) is 9.55 Å². The van der Waals surface area contributed by atoms with Gasteiger partial charge in [-0.1, -0.05) is 156 Å². The van der Waals surface area contributed by atoms with Crippen LogP contribution in [0, 0.1) is 0 Å². The first-order valence-corrected chi connectivity index (χ1v) is 16.3. The summed E-state index contributed by atoms with van der Waals surface area (Å²) in [4.78, 5) is 4.87. The Kier molecular flexibility index (Phi) is 21.7. The van der Waals surface area contributed by atoms with E-state index in [0.29, 0.717) is 12.0 Å². The zero-order valence-electron chi connectivity index (χ0n) is 24.7. The molecule has 0 saturated heterocycles. The summed E-state index contributed by atoms with van der Waals surface area (Å²) in [5.41, 5.74) is 0. The molecule has 1 aromatic heterocycles. The second kappa shape index (κ2) is 23.6. The Morgan fingerprint density at radius 3 is 1.43 bits per heavy atom. The summed E-state index contributed by atoms with van der Waals surface area (Å²) in [7, 11) is 0. The molecule has 0 aliphatic heterocycles. The minimum atomic E-state index is 0.591. The first-order chi connectivity index (χ1) is 17.2. The lowest BCUT2D eigenvalue weighted by Crippen LogP contribution is -2.13. The molecule has 1 rings (SSSR count). The van der Waals surface area contributed by atoms with Crippen LogP contribution >= 0.6 is 0 Å². The van der Waals surface area contributed by atoms with Gasteiger partial charge in [-0.2, -0.15) is 0 Å². The highest BCUT2D eigenvalue weighted by Crippen LogP contribution is 2.29. The fourth-order valence-electron chi connectivity index (χ4n) is 5.71. The van der Waals surface area contributed by atoms with Gasteiger partial charge < -0.3 is 4.57 Å². The molecule has 2 nitrogen and oxygen atoms in total. The van der Waals surface area contributed by atoms with Crippen molar-refractivity contribution in [3.63, 3.8) is 0 Å². The maximum Gasteiger partial charge on any atom is 0.111 e. The normalized spacial score (nSPS) is 13.4. The molecule has 35 heavy (non-hydrogen) atoms. The lowest BCUT2D eigenvalue weighted by molar-refractivity contribution is 0.419. The van der Waals surface area contributed by atoms with Gasteiger partial charge in [-0.15, -0.1) is 0 Å². The predicted molar refractivity (Wildman–Crippen MR) is 158 cm³/mol. The van der Waals surface area contributed by atoms with Gasteiger partial charge in [0.25, 0.3) is 0 Å². The number of hydrogen-bond donors (Lipinski definition) is 0. The molecule has 1 aromatic rings. The van der Waals surface area contributed by atoms with E-state index in [1.165, 1.54) is 160 Å². The van der Waals surface area contributed by atoms with Gasteiger partial charge in [-0.25, -0.2) is 4.98 Å². The third-order valence-electron chi connectivity index (χ3n) is 8.06. The molecule has 0 saturated carbocycles. The summed E-state index contributed by atoms with van der Waals surface area (Å²) in [6.45, 7) is 9.36. The van der Waals surface area contributed by atoms with Crippen LogP contribution in [0.25, 0.3) is 0 Å².